The Labute approximate surface area is 281 Å². The first kappa shape index (κ1) is 34.7. The number of nitrogens with zero attached hydrogens (tertiary/aromatic N) is 6. The highest BCUT2D eigenvalue weighted by Gasteiger charge is 2.51. The van der Waals surface area contributed by atoms with Crippen molar-refractivity contribution in [3.05, 3.63) is 51.8 Å². The zero-order valence-electron chi connectivity index (χ0n) is 25.2. The standard InChI is InChI=1S/C29H28Cl2F2N6O7S/c1-14(40)44-13-22-26(45-15(2)41)25(39-12-21(36-37-39)16-8-18(32)24(31)19(33)9-16)27(42-3)29(46-22)47-23-10-17(30)20(11-34)35-28(23)38-4-6-43-7-5-38/h8-10,12,22,25-27,29H,4-7,13H2,1-3H3/t22?,25?,26-,27?,29+/m0/s1. The van der Waals surface area contributed by atoms with Crippen LogP contribution in [-0.4, -0.2) is 95.7 Å². The molecule has 0 aliphatic carbocycles. The number of benzene rings is 1. The van der Waals surface area contributed by atoms with Crippen molar-refractivity contribution in [1.82, 2.24) is 20.0 Å². The van der Waals surface area contributed by atoms with E-state index in [0.29, 0.717) is 37.0 Å². The van der Waals surface area contributed by atoms with Gasteiger partial charge in [0.15, 0.2) is 11.8 Å². The summed E-state index contributed by atoms with van der Waals surface area (Å²) in [6, 6.07) is 4.66. The Hall–Kier alpha value is -3.59. The minimum absolute atomic E-state index is 0.0381. The fourth-order valence-corrected chi connectivity index (χ4v) is 6.91. The Morgan fingerprint density at radius 1 is 1.13 bits per heavy atom. The Kier molecular flexibility index (Phi) is 11.2. The minimum atomic E-state index is -1.14. The number of thioether (sulfide) groups is 1. The molecule has 5 rings (SSSR count). The Morgan fingerprint density at radius 3 is 2.45 bits per heavy atom. The van der Waals surface area contributed by atoms with E-state index in [2.05, 4.69) is 15.3 Å². The Bertz CT molecular complexity index is 1670. The maximum absolute atomic E-state index is 14.3. The summed E-state index contributed by atoms with van der Waals surface area (Å²) in [6.45, 7) is 4.02. The summed E-state index contributed by atoms with van der Waals surface area (Å²) in [4.78, 5) is 31.2. The van der Waals surface area contributed by atoms with Crippen LogP contribution in [0.5, 0.6) is 0 Å². The van der Waals surface area contributed by atoms with E-state index in [9.17, 15) is 23.6 Å². The summed E-state index contributed by atoms with van der Waals surface area (Å²) in [5.74, 6) is -2.77. The summed E-state index contributed by atoms with van der Waals surface area (Å²) in [7, 11) is 1.42. The lowest BCUT2D eigenvalue weighted by Gasteiger charge is -2.45. The molecule has 4 heterocycles. The quantitative estimate of drug-likeness (QED) is 0.230. The molecular weight excluding hydrogens is 685 g/mol. The van der Waals surface area contributed by atoms with Gasteiger partial charge in [0.1, 0.15) is 64.5 Å². The smallest absolute Gasteiger partial charge is 0.303 e. The summed E-state index contributed by atoms with van der Waals surface area (Å²) < 4.78 is 58.8. The second-order valence-corrected chi connectivity index (χ2v) is 12.3. The van der Waals surface area contributed by atoms with E-state index in [1.807, 2.05) is 11.0 Å². The average Bonchev–Trinajstić information content (AvgIpc) is 3.53. The number of anilines is 1. The number of methoxy groups -OCH3 is 1. The van der Waals surface area contributed by atoms with Gasteiger partial charge in [-0.3, -0.25) is 9.59 Å². The van der Waals surface area contributed by atoms with Gasteiger partial charge >= 0.3 is 11.9 Å². The van der Waals surface area contributed by atoms with Crippen molar-refractivity contribution in [2.24, 2.45) is 0 Å². The third kappa shape index (κ3) is 7.77. The normalized spacial score (nSPS) is 22.9. The van der Waals surface area contributed by atoms with Crippen molar-refractivity contribution in [3.8, 4) is 17.3 Å². The fourth-order valence-electron chi connectivity index (χ4n) is 5.22. The minimum Gasteiger partial charge on any atom is -0.463 e. The van der Waals surface area contributed by atoms with Gasteiger partial charge in [-0.25, -0.2) is 18.4 Å². The van der Waals surface area contributed by atoms with Crippen molar-refractivity contribution in [2.45, 2.75) is 48.5 Å². The predicted molar refractivity (Wildman–Crippen MR) is 164 cm³/mol. The summed E-state index contributed by atoms with van der Waals surface area (Å²) >= 11 is 13.3. The van der Waals surface area contributed by atoms with Crippen LogP contribution in [0.25, 0.3) is 11.3 Å². The van der Waals surface area contributed by atoms with Gasteiger partial charge in [0, 0.05) is 39.6 Å². The van der Waals surface area contributed by atoms with Crippen LogP contribution in [0.3, 0.4) is 0 Å². The van der Waals surface area contributed by atoms with Crippen molar-refractivity contribution in [2.75, 3.05) is 44.9 Å². The van der Waals surface area contributed by atoms with Gasteiger partial charge in [0.05, 0.1) is 29.3 Å². The maximum atomic E-state index is 14.3. The highest BCUT2D eigenvalue weighted by atomic mass is 35.5. The van der Waals surface area contributed by atoms with Crippen LogP contribution in [0.2, 0.25) is 10.0 Å². The highest BCUT2D eigenvalue weighted by molar-refractivity contribution is 8.00. The van der Waals surface area contributed by atoms with E-state index in [-0.39, 0.29) is 28.6 Å². The molecule has 0 radical (unpaired) electrons. The first-order chi connectivity index (χ1) is 22.5. The van der Waals surface area contributed by atoms with E-state index in [1.165, 1.54) is 43.6 Å². The number of hydrogen-bond acceptors (Lipinski definition) is 13. The van der Waals surface area contributed by atoms with Crippen molar-refractivity contribution < 1.29 is 42.1 Å². The molecule has 2 aliphatic heterocycles. The van der Waals surface area contributed by atoms with Crippen molar-refractivity contribution in [3.63, 3.8) is 0 Å². The lowest BCUT2D eigenvalue weighted by Crippen LogP contribution is -2.57. The van der Waals surface area contributed by atoms with Crippen LogP contribution >= 0.6 is 35.0 Å². The molecule has 2 saturated heterocycles. The Balaban J connectivity index is 1.58. The number of esters is 2. The van der Waals surface area contributed by atoms with Gasteiger partial charge in [-0.05, 0) is 18.2 Å². The molecule has 18 heteroatoms. The molecule has 1 aromatic carbocycles. The summed E-state index contributed by atoms with van der Waals surface area (Å²) in [6.07, 6.45) is -1.70. The summed E-state index contributed by atoms with van der Waals surface area (Å²) in [5.41, 5.74) is -0.727. The number of morpholine rings is 1. The van der Waals surface area contributed by atoms with Crippen LogP contribution in [0, 0.1) is 23.0 Å². The molecule has 2 fully saturated rings. The monoisotopic (exact) mass is 712 g/mol. The molecule has 47 heavy (non-hydrogen) atoms. The zero-order valence-corrected chi connectivity index (χ0v) is 27.5. The molecule has 3 aromatic rings. The number of rotatable bonds is 9. The first-order valence-electron chi connectivity index (χ1n) is 14.2. The lowest BCUT2D eigenvalue weighted by molar-refractivity contribution is -0.208. The van der Waals surface area contributed by atoms with Crippen molar-refractivity contribution in [1.29, 1.82) is 5.26 Å². The van der Waals surface area contributed by atoms with Gasteiger partial charge in [-0.15, -0.1) is 5.10 Å². The number of carbonyl (C=O) groups is 2. The number of halogens is 4. The number of carbonyl (C=O) groups excluding carboxylic acids is 2. The SMILES string of the molecule is COC1C(n2cc(-c3cc(F)c(Cl)c(F)c3)nn2)[C@@H](OC(C)=O)C(COC(C)=O)O[C@@H]1Sc1cc(Cl)c(C#N)nc1N1CCOCC1. The predicted octanol–water partition coefficient (Wildman–Crippen LogP) is 4.20. The summed E-state index contributed by atoms with van der Waals surface area (Å²) in [5, 5.41) is 17.4. The van der Waals surface area contributed by atoms with Crippen LogP contribution in [0.1, 0.15) is 25.6 Å². The van der Waals surface area contributed by atoms with Crippen molar-refractivity contribution >= 4 is 52.7 Å². The Morgan fingerprint density at radius 2 is 1.83 bits per heavy atom. The molecule has 0 bridgehead atoms. The third-order valence-electron chi connectivity index (χ3n) is 7.32. The molecule has 250 valence electrons. The number of nitriles is 1. The van der Waals surface area contributed by atoms with Gasteiger partial charge in [-0.2, -0.15) is 5.26 Å². The second-order valence-electron chi connectivity index (χ2n) is 10.4. The van der Waals surface area contributed by atoms with E-state index in [1.54, 1.807) is 6.07 Å². The van der Waals surface area contributed by atoms with Crippen LogP contribution < -0.4 is 4.90 Å². The maximum Gasteiger partial charge on any atom is 0.303 e. The largest absolute Gasteiger partial charge is 0.463 e. The fraction of sp³-hybridized carbons (Fsp3) is 0.448. The van der Waals surface area contributed by atoms with Crippen LogP contribution in [0.4, 0.5) is 14.6 Å². The average molecular weight is 714 g/mol. The molecule has 0 N–H and O–H groups in total. The third-order valence-corrected chi connectivity index (χ3v) is 9.13. The molecule has 5 atom stereocenters. The second kappa shape index (κ2) is 15.1. The molecule has 2 aliphatic rings. The van der Waals surface area contributed by atoms with E-state index in [4.69, 9.17) is 46.9 Å². The molecule has 13 nitrogen and oxygen atoms in total. The molecule has 0 amide bonds. The topological polar surface area (TPSA) is 151 Å². The number of hydrogen-bond donors (Lipinski definition) is 0. The van der Waals surface area contributed by atoms with Gasteiger partial charge in [0.25, 0.3) is 0 Å². The lowest BCUT2D eigenvalue weighted by atomic mass is 9.96. The zero-order chi connectivity index (χ0) is 33.8. The van der Waals surface area contributed by atoms with Crippen LogP contribution in [0.15, 0.2) is 29.3 Å². The molecular formula is C29H28Cl2F2N6O7S. The van der Waals surface area contributed by atoms with E-state index in [0.717, 1.165) is 12.1 Å². The van der Waals surface area contributed by atoms with Gasteiger partial charge in [-0.1, -0.05) is 40.2 Å². The van der Waals surface area contributed by atoms with E-state index < -0.39 is 58.4 Å². The molecule has 3 unspecified atom stereocenters. The first-order valence-corrected chi connectivity index (χ1v) is 15.8. The number of aromatic nitrogens is 4. The number of ether oxygens (including phenoxy) is 5. The van der Waals surface area contributed by atoms with Crippen LogP contribution in [-0.2, 0) is 33.3 Å². The number of pyridine rings is 1. The van der Waals surface area contributed by atoms with Gasteiger partial charge < -0.3 is 28.6 Å². The van der Waals surface area contributed by atoms with Gasteiger partial charge in [0.2, 0.25) is 0 Å². The van der Waals surface area contributed by atoms with E-state index >= 15 is 0 Å². The highest BCUT2D eigenvalue weighted by Crippen LogP contribution is 2.44. The molecule has 0 saturated carbocycles. The molecule has 0 spiro atoms. The molecule has 2 aromatic heterocycles.